The van der Waals surface area contributed by atoms with Gasteiger partial charge in [-0.25, -0.2) is 9.78 Å². The van der Waals surface area contributed by atoms with Gasteiger partial charge in [0.25, 0.3) is 0 Å². The molecule has 0 atom stereocenters. The number of benzene rings is 1. The largest absolute Gasteiger partial charge is 0.465 e. The third-order valence-corrected chi connectivity index (χ3v) is 6.93. The lowest BCUT2D eigenvalue weighted by Crippen LogP contribution is -2.44. The Labute approximate surface area is 209 Å². The summed E-state index contributed by atoms with van der Waals surface area (Å²) in [6, 6.07) is 12.3. The maximum Gasteiger partial charge on any atom is 0.404 e. The summed E-state index contributed by atoms with van der Waals surface area (Å²) in [5.74, 6) is 1.08. The van der Waals surface area contributed by atoms with Gasteiger partial charge in [0.15, 0.2) is 0 Å². The van der Waals surface area contributed by atoms with E-state index in [9.17, 15) is 20.1 Å². The molecule has 182 valence electrons. The van der Waals surface area contributed by atoms with Crippen LogP contribution in [0.4, 0.5) is 10.6 Å². The Morgan fingerprint density at radius 3 is 2.31 bits per heavy atom. The molecule has 0 unspecified atom stereocenters. The van der Waals surface area contributed by atoms with Gasteiger partial charge in [-0.05, 0) is 36.0 Å². The lowest BCUT2D eigenvalue weighted by atomic mass is 10.00. The van der Waals surface area contributed by atoms with Crippen molar-refractivity contribution in [1.82, 2.24) is 15.6 Å². The zero-order valence-electron chi connectivity index (χ0n) is 19.8. The predicted octanol–water partition coefficient (Wildman–Crippen LogP) is 3.55. The van der Waals surface area contributed by atoms with Crippen molar-refractivity contribution < 1.29 is 14.7 Å². The normalized spacial score (nSPS) is 13.5. The number of amides is 2. The number of nitrogens with one attached hydrogen (secondary N) is 2. The first-order chi connectivity index (χ1) is 16.9. The summed E-state index contributed by atoms with van der Waals surface area (Å²) in [5, 5.41) is 34.7. The summed E-state index contributed by atoms with van der Waals surface area (Å²) in [6.45, 7) is 5.02. The minimum Gasteiger partial charge on any atom is -0.465 e. The molecular formula is C25H28N6O3S. The van der Waals surface area contributed by atoms with E-state index < -0.39 is 6.09 Å². The third-order valence-electron chi connectivity index (χ3n) is 5.89. The molecule has 1 aliphatic rings. The van der Waals surface area contributed by atoms with Crippen molar-refractivity contribution in [2.24, 2.45) is 0 Å². The Hall–Kier alpha value is -3.76. The molecule has 2 heterocycles. The number of rotatable bonds is 8. The molecule has 0 radical (unpaired) electrons. The van der Waals surface area contributed by atoms with Crippen LogP contribution in [0.2, 0.25) is 0 Å². The Kier molecular flexibility index (Phi) is 8.93. The van der Waals surface area contributed by atoms with Gasteiger partial charge >= 0.3 is 6.09 Å². The first-order valence-corrected chi connectivity index (χ1v) is 12.4. The minimum absolute atomic E-state index is 0.0783. The quantitative estimate of drug-likeness (QED) is 0.475. The molecule has 1 aromatic carbocycles. The number of carbonyl (C=O) groups is 2. The molecule has 1 aliphatic heterocycles. The van der Waals surface area contributed by atoms with Crippen LogP contribution in [0.25, 0.3) is 0 Å². The molecule has 1 aromatic heterocycles. The molecule has 2 amide bonds. The van der Waals surface area contributed by atoms with Crippen LogP contribution in [0, 0.1) is 22.7 Å². The second-order valence-electron chi connectivity index (χ2n) is 8.27. The number of aromatic nitrogens is 1. The van der Waals surface area contributed by atoms with Gasteiger partial charge < -0.3 is 20.6 Å². The van der Waals surface area contributed by atoms with Crippen molar-refractivity contribution in [2.45, 2.75) is 56.5 Å². The molecule has 0 aliphatic carbocycles. The van der Waals surface area contributed by atoms with E-state index in [0.29, 0.717) is 72.2 Å². The molecule has 1 fully saturated rings. The fourth-order valence-electron chi connectivity index (χ4n) is 4.06. The van der Waals surface area contributed by atoms with E-state index in [1.54, 1.807) is 0 Å². The highest BCUT2D eigenvalue weighted by molar-refractivity contribution is 7.98. The van der Waals surface area contributed by atoms with Gasteiger partial charge in [-0.15, -0.1) is 11.8 Å². The molecule has 1 saturated heterocycles. The highest BCUT2D eigenvalue weighted by Crippen LogP contribution is 2.34. The Morgan fingerprint density at radius 2 is 1.77 bits per heavy atom. The second-order valence-corrected chi connectivity index (χ2v) is 9.24. The van der Waals surface area contributed by atoms with Gasteiger partial charge in [-0.1, -0.05) is 31.2 Å². The molecule has 0 bridgehead atoms. The molecule has 3 N–H and O–H groups in total. The van der Waals surface area contributed by atoms with Crippen molar-refractivity contribution in [3.8, 4) is 12.1 Å². The van der Waals surface area contributed by atoms with E-state index in [1.807, 2.05) is 36.1 Å². The van der Waals surface area contributed by atoms with Crippen LogP contribution in [0.15, 0.2) is 29.3 Å². The monoisotopic (exact) mass is 492 g/mol. The average Bonchev–Trinajstić information content (AvgIpc) is 2.85. The van der Waals surface area contributed by atoms with Gasteiger partial charge in [0.05, 0.1) is 11.1 Å². The van der Waals surface area contributed by atoms with Crippen molar-refractivity contribution in [3.05, 3.63) is 52.1 Å². The first kappa shape index (κ1) is 25.9. The predicted molar refractivity (Wildman–Crippen MR) is 133 cm³/mol. The number of nitrogens with zero attached hydrogens (tertiary/aromatic N) is 4. The molecular weight excluding hydrogens is 464 g/mol. The molecule has 3 rings (SSSR count). The van der Waals surface area contributed by atoms with Gasteiger partial charge in [0.1, 0.15) is 23.0 Å². The van der Waals surface area contributed by atoms with E-state index in [-0.39, 0.29) is 11.9 Å². The van der Waals surface area contributed by atoms with E-state index in [1.165, 1.54) is 18.7 Å². The number of anilines is 1. The van der Waals surface area contributed by atoms with Gasteiger partial charge in [0, 0.05) is 38.4 Å². The van der Waals surface area contributed by atoms with E-state index in [2.05, 4.69) is 22.8 Å². The van der Waals surface area contributed by atoms with Crippen LogP contribution in [0.3, 0.4) is 0 Å². The van der Waals surface area contributed by atoms with E-state index >= 15 is 0 Å². The first-order valence-electron chi connectivity index (χ1n) is 11.4. The number of carbonyl (C=O) groups excluding carboxylic acids is 1. The fourth-order valence-corrected chi connectivity index (χ4v) is 5.02. The summed E-state index contributed by atoms with van der Waals surface area (Å²) in [4.78, 5) is 28.8. The molecule has 9 nitrogen and oxygen atoms in total. The van der Waals surface area contributed by atoms with Crippen molar-refractivity contribution in [1.29, 1.82) is 10.5 Å². The number of hydrogen-bond acceptors (Lipinski definition) is 7. The molecule has 35 heavy (non-hydrogen) atoms. The Bertz CT molecular complexity index is 1160. The topological polar surface area (TPSA) is 142 Å². The lowest BCUT2D eigenvalue weighted by Gasteiger charge is -2.33. The Morgan fingerprint density at radius 1 is 1.14 bits per heavy atom. The van der Waals surface area contributed by atoms with Crippen LogP contribution in [-0.2, 0) is 23.5 Å². The number of hydrogen-bond donors (Lipinski definition) is 3. The highest BCUT2D eigenvalue weighted by Gasteiger charge is 2.27. The number of pyridine rings is 1. The zero-order chi connectivity index (χ0) is 25.4. The number of carboxylic acid groups (broad SMARTS) is 1. The smallest absolute Gasteiger partial charge is 0.404 e. The molecule has 0 saturated carbocycles. The summed E-state index contributed by atoms with van der Waals surface area (Å²) < 4.78 is 0. The standard InChI is InChI=1S/C25H28N6O3S/c1-3-20-21(12-26)23(31-10-8-19(9-11-31)29-25(33)34)30-24(22(20)13-27)35-15-18-6-4-17(5-7-18)14-28-16(2)32/h4-7,19,29H,3,8-11,14-15H2,1-2H3,(H,28,32)(H,33,34). The number of thioether (sulfide) groups is 1. The molecule has 10 heteroatoms. The number of nitriles is 2. The lowest BCUT2D eigenvalue weighted by molar-refractivity contribution is -0.119. The van der Waals surface area contributed by atoms with Crippen LogP contribution >= 0.6 is 11.8 Å². The minimum atomic E-state index is -1.03. The summed E-state index contributed by atoms with van der Waals surface area (Å²) in [5.41, 5.74) is 3.60. The maximum absolute atomic E-state index is 11.1. The summed E-state index contributed by atoms with van der Waals surface area (Å²) in [7, 11) is 0. The Balaban J connectivity index is 1.82. The van der Waals surface area contributed by atoms with Gasteiger partial charge in [0.2, 0.25) is 5.91 Å². The molecule has 0 spiro atoms. The van der Waals surface area contributed by atoms with Crippen LogP contribution in [-0.4, -0.2) is 41.2 Å². The fraction of sp³-hybridized carbons (Fsp3) is 0.400. The summed E-state index contributed by atoms with van der Waals surface area (Å²) in [6.07, 6.45) is 0.734. The van der Waals surface area contributed by atoms with Gasteiger partial charge in [-0.2, -0.15) is 10.5 Å². The highest BCUT2D eigenvalue weighted by atomic mass is 32.2. The van der Waals surface area contributed by atoms with Crippen LogP contribution < -0.4 is 15.5 Å². The average molecular weight is 493 g/mol. The van der Waals surface area contributed by atoms with E-state index in [4.69, 9.17) is 10.1 Å². The van der Waals surface area contributed by atoms with Gasteiger partial charge in [-0.3, -0.25) is 4.79 Å². The summed E-state index contributed by atoms with van der Waals surface area (Å²) >= 11 is 1.46. The van der Waals surface area contributed by atoms with Crippen LogP contribution in [0.5, 0.6) is 0 Å². The SMILES string of the molecule is CCc1c(C#N)c(SCc2ccc(CNC(C)=O)cc2)nc(N2CCC(NC(=O)O)CC2)c1C#N. The third kappa shape index (κ3) is 6.65. The van der Waals surface area contributed by atoms with Crippen LogP contribution in [0.1, 0.15) is 54.5 Å². The molecule has 2 aromatic rings. The zero-order valence-corrected chi connectivity index (χ0v) is 20.6. The maximum atomic E-state index is 11.1. The van der Waals surface area contributed by atoms with Crippen molar-refractivity contribution >= 4 is 29.6 Å². The number of piperidine rings is 1. The second kappa shape index (κ2) is 12.1. The van der Waals surface area contributed by atoms with Crippen molar-refractivity contribution in [2.75, 3.05) is 18.0 Å². The van der Waals surface area contributed by atoms with E-state index in [0.717, 1.165) is 11.1 Å². The van der Waals surface area contributed by atoms with Crippen molar-refractivity contribution in [3.63, 3.8) is 0 Å².